The Morgan fingerprint density at radius 2 is 1.56 bits per heavy atom. The lowest BCUT2D eigenvalue weighted by molar-refractivity contribution is 0.104. The van der Waals surface area contributed by atoms with Crippen molar-refractivity contribution >= 4 is 23.1 Å². The van der Waals surface area contributed by atoms with Crippen molar-refractivity contribution < 1.29 is 4.74 Å². The van der Waals surface area contributed by atoms with Gasteiger partial charge in [0, 0.05) is 15.8 Å². The van der Waals surface area contributed by atoms with E-state index in [2.05, 4.69) is 30.9 Å². The molecule has 2 atom stereocenters. The molecule has 0 saturated carbocycles. The molecule has 0 bridgehead atoms. The third kappa shape index (κ3) is 4.61. The predicted molar refractivity (Wildman–Crippen MR) is 106 cm³/mol. The van der Waals surface area contributed by atoms with E-state index in [0.29, 0.717) is 17.4 Å². The second-order valence-corrected chi connectivity index (χ2v) is 7.82. The Kier molecular flexibility index (Phi) is 5.76. The lowest BCUT2D eigenvalue weighted by atomic mass is 10.2. The number of benzene rings is 2. The molecular weight excluding hydrogens is 330 g/mol. The van der Waals surface area contributed by atoms with Crippen LogP contribution in [0.25, 0.3) is 0 Å². The average molecular weight is 358 g/mol. The van der Waals surface area contributed by atoms with Crippen LogP contribution in [-0.2, 0) is 0 Å². The minimum absolute atomic E-state index is 0.175. The summed E-state index contributed by atoms with van der Waals surface area (Å²) < 4.78 is 6.14. The van der Waals surface area contributed by atoms with Crippen molar-refractivity contribution in [3.63, 3.8) is 0 Å². The standard InChI is InChI=1S/C20H27N3OS/c1-14(23-11-3-4-12-23)15(2)24-16-5-7-17(8-6-16)25-18-9-10-19(21)20(22)13-18/h5-10,13-15H,3-4,11-12,21-22H2,1-2H3. The Balaban J connectivity index is 1.58. The van der Waals surface area contributed by atoms with Gasteiger partial charge in [0.15, 0.2) is 0 Å². The van der Waals surface area contributed by atoms with Crippen molar-refractivity contribution in [2.75, 3.05) is 24.6 Å². The molecule has 2 aromatic rings. The third-order valence-electron chi connectivity index (χ3n) is 4.84. The van der Waals surface area contributed by atoms with Gasteiger partial charge < -0.3 is 16.2 Å². The fraction of sp³-hybridized carbons (Fsp3) is 0.400. The maximum atomic E-state index is 6.14. The Labute approximate surface area is 154 Å². The van der Waals surface area contributed by atoms with Crippen LogP contribution in [0.5, 0.6) is 5.75 Å². The highest BCUT2D eigenvalue weighted by molar-refractivity contribution is 7.99. The first-order chi connectivity index (χ1) is 12.0. The van der Waals surface area contributed by atoms with Crippen LogP contribution in [0.3, 0.4) is 0 Å². The van der Waals surface area contributed by atoms with Crippen molar-refractivity contribution in [1.82, 2.24) is 4.90 Å². The molecule has 0 spiro atoms. The normalized spacial score (nSPS) is 17.4. The van der Waals surface area contributed by atoms with Crippen molar-refractivity contribution in [1.29, 1.82) is 0 Å². The predicted octanol–water partition coefficient (Wildman–Crippen LogP) is 4.25. The molecular formula is C20H27N3OS. The van der Waals surface area contributed by atoms with Gasteiger partial charge in [-0.05, 0) is 82.2 Å². The smallest absolute Gasteiger partial charge is 0.119 e. The number of rotatable bonds is 6. The number of nitrogens with zero attached hydrogens (tertiary/aromatic N) is 1. The molecule has 5 heteroatoms. The molecule has 25 heavy (non-hydrogen) atoms. The van der Waals surface area contributed by atoms with Crippen LogP contribution >= 0.6 is 11.8 Å². The van der Waals surface area contributed by atoms with Gasteiger partial charge in [0.05, 0.1) is 11.4 Å². The highest BCUT2D eigenvalue weighted by Crippen LogP contribution is 2.32. The highest BCUT2D eigenvalue weighted by Gasteiger charge is 2.23. The zero-order chi connectivity index (χ0) is 17.8. The number of hydrogen-bond acceptors (Lipinski definition) is 5. The number of hydrogen-bond donors (Lipinski definition) is 2. The number of ether oxygens (including phenoxy) is 1. The molecule has 4 N–H and O–H groups in total. The zero-order valence-electron chi connectivity index (χ0n) is 14.9. The zero-order valence-corrected chi connectivity index (χ0v) is 15.8. The summed E-state index contributed by atoms with van der Waals surface area (Å²) in [6, 6.07) is 14.4. The summed E-state index contributed by atoms with van der Waals surface area (Å²) in [6.45, 7) is 6.79. The Morgan fingerprint density at radius 1 is 0.920 bits per heavy atom. The molecule has 4 nitrogen and oxygen atoms in total. The van der Waals surface area contributed by atoms with Crippen LogP contribution in [0.1, 0.15) is 26.7 Å². The van der Waals surface area contributed by atoms with E-state index in [1.807, 2.05) is 30.3 Å². The second-order valence-electron chi connectivity index (χ2n) is 6.67. The summed E-state index contributed by atoms with van der Waals surface area (Å²) in [6.07, 6.45) is 2.78. The van der Waals surface area contributed by atoms with Gasteiger partial charge in [0.25, 0.3) is 0 Å². The van der Waals surface area contributed by atoms with Crippen molar-refractivity contribution in [2.45, 2.75) is 48.6 Å². The lowest BCUT2D eigenvalue weighted by Crippen LogP contribution is -2.41. The van der Waals surface area contributed by atoms with Gasteiger partial charge in [0.2, 0.25) is 0 Å². The van der Waals surface area contributed by atoms with E-state index in [9.17, 15) is 0 Å². The molecule has 0 aliphatic carbocycles. The van der Waals surface area contributed by atoms with E-state index < -0.39 is 0 Å². The van der Waals surface area contributed by atoms with E-state index in [1.165, 1.54) is 25.9 Å². The van der Waals surface area contributed by atoms with Crippen molar-refractivity contribution in [2.24, 2.45) is 0 Å². The first kappa shape index (κ1) is 18.0. The van der Waals surface area contributed by atoms with Gasteiger partial charge in [0.1, 0.15) is 11.9 Å². The topological polar surface area (TPSA) is 64.5 Å². The molecule has 0 amide bonds. The number of likely N-dealkylation sites (tertiary alicyclic amines) is 1. The fourth-order valence-electron chi connectivity index (χ4n) is 3.10. The minimum atomic E-state index is 0.175. The van der Waals surface area contributed by atoms with Crippen LogP contribution in [0.2, 0.25) is 0 Å². The maximum absolute atomic E-state index is 6.14. The van der Waals surface area contributed by atoms with Crippen molar-refractivity contribution in [3.8, 4) is 5.75 Å². The molecule has 1 saturated heterocycles. The molecule has 1 fully saturated rings. The number of nitrogens with two attached hydrogens (primary N) is 2. The molecule has 3 rings (SSSR count). The monoisotopic (exact) mass is 357 g/mol. The summed E-state index contributed by atoms with van der Waals surface area (Å²) in [7, 11) is 0. The van der Waals surface area contributed by atoms with Crippen LogP contribution in [-0.4, -0.2) is 30.1 Å². The molecule has 1 heterocycles. The van der Waals surface area contributed by atoms with Gasteiger partial charge in [-0.15, -0.1) is 0 Å². The quantitative estimate of drug-likeness (QED) is 0.757. The number of anilines is 2. The molecule has 0 aromatic heterocycles. The molecule has 134 valence electrons. The molecule has 1 aliphatic rings. The van der Waals surface area contributed by atoms with Gasteiger partial charge >= 0.3 is 0 Å². The first-order valence-corrected chi connectivity index (χ1v) is 9.68. The molecule has 2 unspecified atom stereocenters. The Morgan fingerprint density at radius 3 is 2.20 bits per heavy atom. The van der Waals surface area contributed by atoms with Gasteiger partial charge in [-0.1, -0.05) is 11.8 Å². The summed E-state index contributed by atoms with van der Waals surface area (Å²) in [5.74, 6) is 0.916. The maximum Gasteiger partial charge on any atom is 0.119 e. The van der Waals surface area contributed by atoms with Crippen LogP contribution in [0.15, 0.2) is 52.3 Å². The summed E-state index contributed by atoms with van der Waals surface area (Å²) >= 11 is 1.67. The molecule has 0 radical (unpaired) electrons. The minimum Gasteiger partial charge on any atom is -0.489 e. The van der Waals surface area contributed by atoms with E-state index in [1.54, 1.807) is 11.8 Å². The van der Waals surface area contributed by atoms with E-state index in [-0.39, 0.29) is 6.10 Å². The Bertz CT molecular complexity index is 699. The first-order valence-electron chi connectivity index (χ1n) is 8.86. The van der Waals surface area contributed by atoms with Crippen LogP contribution < -0.4 is 16.2 Å². The highest BCUT2D eigenvalue weighted by atomic mass is 32.2. The second kappa shape index (κ2) is 8.02. The van der Waals surface area contributed by atoms with Crippen molar-refractivity contribution in [3.05, 3.63) is 42.5 Å². The van der Waals surface area contributed by atoms with E-state index in [4.69, 9.17) is 16.2 Å². The summed E-state index contributed by atoms with van der Waals surface area (Å²) in [5, 5.41) is 0. The lowest BCUT2D eigenvalue weighted by Gasteiger charge is -2.29. The average Bonchev–Trinajstić information content (AvgIpc) is 3.14. The Hall–Kier alpha value is -1.85. The third-order valence-corrected chi connectivity index (χ3v) is 5.83. The van der Waals surface area contributed by atoms with E-state index >= 15 is 0 Å². The van der Waals surface area contributed by atoms with Crippen LogP contribution in [0, 0.1) is 0 Å². The number of nitrogen functional groups attached to an aromatic ring is 2. The molecule has 2 aromatic carbocycles. The van der Waals surface area contributed by atoms with E-state index in [0.717, 1.165) is 15.5 Å². The van der Waals surface area contributed by atoms with Crippen LogP contribution in [0.4, 0.5) is 11.4 Å². The largest absolute Gasteiger partial charge is 0.489 e. The van der Waals surface area contributed by atoms with Gasteiger partial charge in [-0.2, -0.15) is 0 Å². The summed E-state index contributed by atoms with van der Waals surface area (Å²) in [4.78, 5) is 4.74. The SMILES string of the molecule is CC(Oc1ccc(Sc2ccc(N)c(N)c2)cc1)C(C)N1CCCC1. The molecule has 1 aliphatic heterocycles. The fourth-order valence-corrected chi connectivity index (χ4v) is 3.96. The van der Waals surface area contributed by atoms with Gasteiger partial charge in [-0.3, -0.25) is 4.90 Å². The van der Waals surface area contributed by atoms with Gasteiger partial charge in [-0.25, -0.2) is 0 Å². The summed E-state index contributed by atoms with van der Waals surface area (Å²) in [5.41, 5.74) is 12.9.